The van der Waals surface area contributed by atoms with Crippen molar-refractivity contribution in [2.24, 2.45) is 0 Å². The minimum atomic E-state index is -0.230. The molecule has 0 amide bonds. The van der Waals surface area contributed by atoms with Gasteiger partial charge in [0.1, 0.15) is 18.0 Å². The molecule has 0 radical (unpaired) electrons. The number of anilines is 2. The second-order valence-electron chi connectivity index (χ2n) is 5.23. The molecule has 1 aliphatic heterocycles. The Bertz CT molecular complexity index is 398. The fourth-order valence-corrected chi connectivity index (χ4v) is 2.18. The van der Waals surface area contributed by atoms with Gasteiger partial charge in [-0.05, 0) is 33.5 Å². The SMILES string of the molecule is CN(C)CCCNc1cc(N2CCC(O)C2)ncn1. The standard InChI is InChI=1S/C13H23N5O/c1-17(2)6-3-5-14-12-8-13(16-10-15-12)18-7-4-11(19)9-18/h8,10-11,19H,3-7,9H2,1-2H3,(H,14,15,16). The van der Waals surface area contributed by atoms with E-state index in [-0.39, 0.29) is 6.10 Å². The summed E-state index contributed by atoms with van der Waals surface area (Å²) in [4.78, 5) is 12.7. The molecule has 2 N–H and O–H groups in total. The zero-order valence-electron chi connectivity index (χ0n) is 11.7. The summed E-state index contributed by atoms with van der Waals surface area (Å²) in [5, 5.41) is 12.9. The van der Waals surface area contributed by atoms with Crippen molar-refractivity contribution in [1.82, 2.24) is 14.9 Å². The van der Waals surface area contributed by atoms with Crippen LogP contribution in [0.3, 0.4) is 0 Å². The van der Waals surface area contributed by atoms with Crippen LogP contribution in [0.5, 0.6) is 0 Å². The molecular weight excluding hydrogens is 242 g/mol. The molecule has 0 bridgehead atoms. The average molecular weight is 265 g/mol. The Balaban J connectivity index is 1.85. The molecular formula is C13H23N5O. The minimum absolute atomic E-state index is 0.230. The quantitative estimate of drug-likeness (QED) is 0.726. The van der Waals surface area contributed by atoms with Gasteiger partial charge < -0.3 is 20.2 Å². The molecule has 0 spiro atoms. The van der Waals surface area contributed by atoms with Crippen molar-refractivity contribution < 1.29 is 5.11 Å². The van der Waals surface area contributed by atoms with Crippen LogP contribution in [0.4, 0.5) is 11.6 Å². The summed E-state index contributed by atoms with van der Waals surface area (Å²) in [6.45, 7) is 3.48. The number of aliphatic hydroxyl groups is 1. The summed E-state index contributed by atoms with van der Waals surface area (Å²) < 4.78 is 0. The average Bonchev–Trinajstić information content (AvgIpc) is 2.82. The lowest BCUT2D eigenvalue weighted by atomic mass is 10.3. The van der Waals surface area contributed by atoms with Crippen molar-refractivity contribution in [3.05, 3.63) is 12.4 Å². The van der Waals surface area contributed by atoms with Crippen LogP contribution in [0, 0.1) is 0 Å². The molecule has 1 fully saturated rings. The van der Waals surface area contributed by atoms with Crippen LogP contribution in [-0.4, -0.2) is 66.4 Å². The van der Waals surface area contributed by atoms with Crippen molar-refractivity contribution in [2.75, 3.05) is 50.5 Å². The van der Waals surface area contributed by atoms with Gasteiger partial charge in [0.25, 0.3) is 0 Å². The van der Waals surface area contributed by atoms with Crippen LogP contribution in [0.1, 0.15) is 12.8 Å². The van der Waals surface area contributed by atoms with Crippen molar-refractivity contribution >= 4 is 11.6 Å². The van der Waals surface area contributed by atoms with Gasteiger partial charge in [-0.2, -0.15) is 0 Å². The third kappa shape index (κ3) is 4.33. The molecule has 1 atom stereocenters. The van der Waals surface area contributed by atoms with Crippen LogP contribution in [-0.2, 0) is 0 Å². The first-order valence-electron chi connectivity index (χ1n) is 6.79. The molecule has 1 saturated heterocycles. The molecule has 6 heteroatoms. The molecule has 2 rings (SSSR count). The molecule has 0 aliphatic carbocycles. The Labute approximate surface area is 114 Å². The second-order valence-corrected chi connectivity index (χ2v) is 5.23. The highest BCUT2D eigenvalue weighted by Crippen LogP contribution is 2.19. The molecule has 2 heterocycles. The van der Waals surface area contributed by atoms with Gasteiger partial charge in [0.05, 0.1) is 6.10 Å². The van der Waals surface area contributed by atoms with E-state index in [1.165, 1.54) is 0 Å². The number of nitrogens with one attached hydrogen (secondary N) is 1. The van der Waals surface area contributed by atoms with Crippen molar-refractivity contribution in [3.63, 3.8) is 0 Å². The monoisotopic (exact) mass is 265 g/mol. The third-order valence-electron chi connectivity index (χ3n) is 3.23. The first-order chi connectivity index (χ1) is 9.15. The lowest BCUT2D eigenvalue weighted by Gasteiger charge is -2.17. The summed E-state index contributed by atoms with van der Waals surface area (Å²) >= 11 is 0. The number of hydrogen-bond donors (Lipinski definition) is 2. The summed E-state index contributed by atoms with van der Waals surface area (Å²) in [7, 11) is 4.14. The second kappa shape index (κ2) is 6.68. The normalized spacial score (nSPS) is 19.2. The number of nitrogens with zero attached hydrogens (tertiary/aromatic N) is 4. The number of rotatable bonds is 6. The van der Waals surface area contributed by atoms with Gasteiger partial charge in [-0.1, -0.05) is 0 Å². The van der Waals surface area contributed by atoms with Crippen molar-refractivity contribution in [1.29, 1.82) is 0 Å². The molecule has 1 unspecified atom stereocenters. The molecule has 1 aromatic heterocycles. The number of β-amino-alcohol motifs (C(OH)–C–C–N with tert-alkyl or cyclic N) is 1. The van der Waals surface area contributed by atoms with Gasteiger partial charge in [0.15, 0.2) is 0 Å². The molecule has 0 aromatic carbocycles. The maximum Gasteiger partial charge on any atom is 0.134 e. The van der Waals surface area contributed by atoms with Gasteiger partial charge >= 0.3 is 0 Å². The van der Waals surface area contributed by atoms with Gasteiger partial charge in [-0.3, -0.25) is 0 Å². The molecule has 106 valence electrons. The van der Waals surface area contributed by atoms with Gasteiger partial charge in [-0.15, -0.1) is 0 Å². The van der Waals surface area contributed by atoms with Gasteiger partial charge in [0, 0.05) is 25.7 Å². The zero-order chi connectivity index (χ0) is 13.7. The number of hydrogen-bond acceptors (Lipinski definition) is 6. The largest absolute Gasteiger partial charge is 0.391 e. The van der Waals surface area contributed by atoms with Crippen LogP contribution in [0.15, 0.2) is 12.4 Å². The van der Waals surface area contributed by atoms with E-state index in [2.05, 4.69) is 39.2 Å². The molecule has 0 saturated carbocycles. The first kappa shape index (κ1) is 14.0. The van der Waals surface area contributed by atoms with Crippen LogP contribution in [0.2, 0.25) is 0 Å². The Hall–Kier alpha value is -1.40. The summed E-state index contributed by atoms with van der Waals surface area (Å²) in [5.74, 6) is 1.74. The fourth-order valence-electron chi connectivity index (χ4n) is 2.18. The highest BCUT2D eigenvalue weighted by Gasteiger charge is 2.21. The van der Waals surface area contributed by atoms with E-state index in [1.54, 1.807) is 6.33 Å². The van der Waals surface area contributed by atoms with Gasteiger partial charge in [0.2, 0.25) is 0 Å². The lowest BCUT2D eigenvalue weighted by Crippen LogP contribution is -2.22. The lowest BCUT2D eigenvalue weighted by molar-refractivity contribution is 0.198. The number of aliphatic hydroxyl groups excluding tert-OH is 1. The zero-order valence-corrected chi connectivity index (χ0v) is 11.7. The predicted octanol–water partition coefficient (Wildman–Crippen LogP) is 0.411. The topological polar surface area (TPSA) is 64.5 Å². The van der Waals surface area contributed by atoms with Crippen molar-refractivity contribution in [2.45, 2.75) is 18.9 Å². The molecule has 1 aromatic rings. The Morgan fingerprint density at radius 1 is 1.47 bits per heavy atom. The summed E-state index contributed by atoms with van der Waals surface area (Å²) in [5.41, 5.74) is 0. The Morgan fingerprint density at radius 2 is 2.32 bits per heavy atom. The fraction of sp³-hybridized carbons (Fsp3) is 0.692. The van der Waals surface area contributed by atoms with E-state index in [9.17, 15) is 5.11 Å². The Kier molecular flexibility index (Phi) is 4.93. The molecule has 1 aliphatic rings. The van der Waals surface area contributed by atoms with E-state index < -0.39 is 0 Å². The minimum Gasteiger partial charge on any atom is -0.391 e. The third-order valence-corrected chi connectivity index (χ3v) is 3.23. The predicted molar refractivity (Wildman–Crippen MR) is 76.5 cm³/mol. The maximum atomic E-state index is 9.55. The van der Waals surface area contributed by atoms with Crippen LogP contribution < -0.4 is 10.2 Å². The van der Waals surface area contributed by atoms with Crippen LogP contribution in [0.25, 0.3) is 0 Å². The molecule has 19 heavy (non-hydrogen) atoms. The highest BCUT2D eigenvalue weighted by atomic mass is 16.3. The van der Waals surface area contributed by atoms with E-state index >= 15 is 0 Å². The van der Waals surface area contributed by atoms with Crippen LogP contribution >= 0.6 is 0 Å². The first-order valence-corrected chi connectivity index (χ1v) is 6.79. The van der Waals surface area contributed by atoms with E-state index in [1.807, 2.05) is 6.07 Å². The van der Waals surface area contributed by atoms with E-state index in [0.29, 0.717) is 6.54 Å². The molecule has 6 nitrogen and oxygen atoms in total. The summed E-state index contributed by atoms with van der Waals surface area (Å²) in [6, 6.07) is 1.95. The highest BCUT2D eigenvalue weighted by molar-refractivity contribution is 5.49. The number of aromatic nitrogens is 2. The van der Waals surface area contributed by atoms with E-state index in [4.69, 9.17) is 0 Å². The Morgan fingerprint density at radius 3 is 3.00 bits per heavy atom. The van der Waals surface area contributed by atoms with E-state index in [0.717, 1.165) is 44.1 Å². The smallest absolute Gasteiger partial charge is 0.134 e. The summed E-state index contributed by atoms with van der Waals surface area (Å²) in [6.07, 6.45) is 3.24. The van der Waals surface area contributed by atoms with Crippen molar-refractivity contribution in [3.8, 4) is 0 Å². The maximum absolute atomic E-state index is 9.55. The van der Waals surface area contributed by atoms with Gasteiger partial charge in [-0.25, -0.2) is 9.97 Å².